The second kappa shape index (κ2) is 7.99. The molecule has 1 aromatic heterocycles. The topological polar surface area (TPSA) is 66.9 Å². The summed E-state index contributed by atoms with van der Waals surface area (Å²) in [6.07, 6.45) is 4.59. The summed E-state index contributed by atoms with van der Waals surface area (Å²) in [6.45, 7) is 0. The van der Waals surface area contributed by atoms with Gasteiger partial charge in [0.05, 0.1) is 5.69 Å². The van der Waals surface area contributed by atoms with E-state index in [0.717, 1.165) is 29.8 Å². The summed E-state index contributed by atoms with van der Waals surface area (Å²) in [5, 5.41) is 14.8. The molecule has 1 amide bonds. The van der Waals surface area contributed by atoms with Crippen molar-refractivity contribution in [1.82, 2.24) is 15.5 Å². The molecule has 1 aliphatic rings. The van der Waals surface area contributed by atoms with Gasteiger partial charge in [-0.05, 0) is 49.2 Å². The second-order valence-electron chi connectivity index (χ2n) is 6.83. The summed E-state index contributed by atoms with van der Waals surface area (Å²) < 4.78 is 0. The number of carbonyl (C=O) groups excluding carboxylic acids is 1. The molecule has 0 saturated heterocycles. The average molecular weight is 358 g/mol. The third kappa shape index (κ3) is 4.31. The highest BCUT2D eigenvalue weighted by molar-refractivity contribution is 5.94. The van der Waals surface area contributed by atoms with Crippen LogP contribution in [0.3, 0.4) is 0 Å². The lowest BCUT2D eigenvalue weighted by atomic mass is 10.1. The number of nitrogens with zero attached hydrogens (tertiary/aromatic N) is 2. The van der Waals surface area contributed by atoms with E-state index in [4.69, 9.17) is 0 Å². The summed E-state index contributed by atoms with van der Waals surface area (Å²) in [5.74, 6) is 0.665. The van der Waals surface area contributed by atoms with Crippen LogP contribution in [0.25, 0.3) is 11.3 Å². The van der Waals surface area contributed by atoms with Crippen molar-refractivity contribution in [2.45, 2.75) is 31.7 Å². The molecule has 2 aromatic carbocycles. The molecule has 27 heavy (non-hydrogen) atoms. The fraction of sp³-hybridized carbons (Fsp3) is 0.227. The van der Waals surface area contributed by atoms with Crippen molar-refractivity contribution in [3.63, 3.8) is 0 Å². The van der Waals surface area contributed by atoms with Gasteiger partial charge < -0.3 is 10.6 Å². The number of aromatic nitrogens is 2. The molecule has 136 valence electrons. The number of nitrogens with one attached hydrogen (secondary N) is 2. The van der Waals surface area contributed by atoms with Gasteiger partial charge in [-0.25, -0.2) is 0 Å². The Bertz CT molecular complexity index is 886. The number of hydrogen-bond donors (Lipinski definition) is 2. The second-order valence-corrected chi connectivity index (χ2v) is 6.83. The first-order chi connectivity index (χ1) is 13.3. The maximum absolute atomic E-state index is 12.3. The Hall–Kier alpha value is -3.21. The predicted molar refractivity (Wildman–Crippen MR) is 107 cm³/mol. The molecule has 0 atom stereocenters. The Kier molecular flexibility index (Phi) is 5.10. The summed E-state index contributed by atoms with van der Waals surface area (Å²) in [5.41, 5.74) is 3.42. The van der Waals surface area contributed by atoms with Crippen LogP contribution in [-0.4, -0.2) is 22.1 Å². The maximum atomic E-state index is 12.3. The van der Waals surface area contributed by atoms with E-state index in [1.165, 1.54) is 12.8 Å². The third-order valence-corrected chi connectivity index (χ3v) is 4.84. The molecule has 0 radical (unpaired) electrons. The minimum Gasteiger partial charge on any atom is -0.349 e. The number of anilines is 2. The van der Waals surface area contributed by atoms with Gasteiger partial charge in [-0.15, -0.1) is 10.2 Å². The number of hydrogen-bond acceptors (Lipinski definition) is 4. The van der Waals surface area contributed by atoms with E-state index in [1.54, 1.807) is 0 Å². The van der Waals surface area contributed by atoms with Gasteiger partial charge in [-0.3, -0.25) is 4.79 Å². The van der Waals surface area contributed by atoms with E-state index in [2.05, 4.69) is 20.8 Å². The van der Waals surface area contributed by atoms with E-state index in [-0.39, 0.29) is 5.91 Å². The van der Waals surface area contributed by atoms with E-state index in [1.807, 2.05) is 66.7 Å². The third-order valence-electron chi connectivity index (χ3n) is 4.84. The fourth-order valence-corrected chi connectivity index (χ4v) is 3.35. The first-order valence-corrected chi connectivity index (χ1v) is 9.35. The minimum absolute atomic E-state index is 0.000422. The van der Waals surface area contributed by atoms with Crippen molar-refractivity contribution < 1.29 is 4.79 Å². The van der Waals surface area contributed by atoms with Crippen LogP contribution < -0.4 is 10.6 Å². The molecular formula is C22H22N4O. The van der Waals surface area contributed by atoms with Crippen LogP contribution in [0.1, 0.15) is 36.0 Å². The first kappa shape index (κ1) is 17.2. The zero-order chi connectivity index (χ0) is 18.5. The number of carbonyl (C=O) groups is 1. The van der Waals surface area contributed by atoms with Gasteiger partial charge in [0.15, 0.2) is 5.82 Å². The summed E-state index contributed by atoms with van der Waals surface area (Å²) in [7, 11) is 0. The van der Waals surface area contributed by atoms with Crippen LogP contribution in [0.5, 0.6) is 0 Å². The van der Waals surface area contributed by atoms with Gasteiger partial charge in [0, 0.05) is 22.9 Å². The Labute approximate surface area is 158 Å². The smallest absolute Gasteiger partial charge is 0.251 e. The summed E-state index contributed by atoms with van der Waals surface area (Å²) >= 11 is 0. The molecule has 0 aliphatic heterocycles. The molecule has 1 heterocycles. The van der Waals surface area contributed by atoms with Crippen molar-refractivity contribution in [1.29, 1.82) is 0 Å². The van der Waals surface area contributed by atoms with Crippen molar-refractivity contribution in [2.75, 3.05) is 5.32 Å². The van der Waals surface area contributed by atoms with Crippen molar-refractivity contribution >= 4 is 17.4 Å². The van der Waals surface area contributed by atoms with E-state index < -0.39 is 0 Å². The van der Waals surface area contributed by atoms with Gasteiger partial charge >= 0.3 is 0 Å². The van der Waals surface area contributed by atoms with Gasteiger partial charge in [0.25, 0.3) is 5.91 Å². The Morgan fingerprint density at radius 1 is 0.852 bits per heavy atom. The molecule has 3 aromatic rings. The molecule has 4 rings (SSSR count). The average Bonchev–Trinajstić information content (AvgIpc) is 3.23. The van der Waals surface area contributed by atoms with Crippen LogP contribution in [0, 0.1) is 0 Å². The van der Waals surface area contributed by atoms with E-state index >= 15 is 0 Å². The zero-order valence-corrected chi connectivity index (χ0v) is 15.1. The molecule has 2 N–H and O–H groups in total. The summed E-state index contributed by atoms with van der Waals surface area (Å²) in [4.78, 5) is 12.3. The standard InChI is InChI=1S/C22H22N4O/c27-22(24-18-8-4-5-9-18)17-10-12-19(13-11-17)23-21-15-14-20(25-26-21)16-6-2-1-3-7-16/h1-3,6-7,10-15,18H,4-5,8-9H2,(H,23,26)(H,24,27). The Morgan fingerprint density at radius 2 is 1.59 bits per heavy atom. The van der Waals surface area contributed by atoms with Crippen LogP contribution >= 0.6 is 0 Å². The molecule has 1 saturated carbocycles. The van der Waals surface area contributed by atoms with Gasteiger partial charge in [-0.1, -0.05) is 43.2 Å². The molecule has 1 aliphatic carbocycles. The minimum atomic E-state index is 0.000422. The lowest BCUT2D eigenvalue weighted by molar-refractivity contribution is 0.0938. The highest BCUT2D eigenvalue weighted by atomic mass is 16.1. The van der Waals surface area contributed by atoms with Crippen molar-refractivity contribution in [3.05, 3.63) is 72.3 Å². The first-order valence-electron chi connectivity index (χ1n) is 9.35. The number of benzene rings is 2. The Morgan fingerprint density at radius 3 is 2.26 bits per heavy atom. The number of amides is 1. The highest BCUT2D eigenvalue weighted by Crippen LogP contribution is 2.20. The fourth-order valence-electron chi connectivity index (χ4n) is 3.35. The zero-order valence-electron chi connectivity index (χ0n) is 15.1. The van der Waals surface area contributed by atoms with Crippen LogP contribution in [0.15, 0.2) is 66.7 Å². The quantitative estimate of drug-likeness (QED) is 0.702. The van der Waals surface area contributed by atoms with Crippen molar-refractivity contribution in [2.24, 2.45) is 0 Å². The summed E-state index contributed by atoms with van der Waals surface area (Å²) in [6, 6.07) is 21.5. The molecule has 5 heteroatoms. The van der Waals surface area contributed by atoms with E-state index in [9.17, 15) is 4.79 Å². The SMILES string of the molecule is O=C(NC1CCCC1)c1ccc(Nc2ccc(-c3ccccc3)nn2)cc1. The van der Waals surface area contributed by atoms with Gasteiger partial charge in [0.2, 0.25) is 0 Å². The monoisotopic (exact) mass is 358 g/mol. The molecular weight excluding hydrogens is 336 g/mol. The Balaban J connectivity index is 1.38. The molecule has 5 nitrogen and oxygen atoms in total. The van der Waals surface area contributed by atoms with Crippen molar-refractivity contribution in [3.8, 4) is 11.3 Å². The maximum Gasteiger partial charge on any atom is 0.251 e. The number of rotatable bonds is 5. The highest BCUT2D eigenvalue weighted by Gasteiger charge is 2.17. The normalized spacial score (nSPS) is 14.1. The molecule has 0 unspecified atom stereocenters. The predicted octanol–water partition coefficient (Wildman–Crippen LogP) is 4.56. The lowest BCUT2D eigenvalue weighted by Gasteiger charge is -2.12. The lowest BCUT2D eigenvalue weighted by Crippen LogP contribution is -2.32. The molecule has 1 fully saturated rings. The molecule has 0 spiro atoms. The van der Waals surface area contributed by atoms with Gasteiger partial charge in [0.1, 0.15) is 0 Å². The van der Waals surface area contributed by atoms with Crippen LogP contribution in [0.2, 0.25) is 0 Å². The van der Waals surface area contributed by atoms with E-state index in [0.29, 0.717) is 17.4 Å². The van der Waals surface area contributed by atoms with Crippen LogP contribution in [-0.2, 0) is 0 Å². The van der Waals surface area contributed by atoms with Gasteiger partial charge in [-0.2, -0.15) is 0 Å². The molecule has 0 bridgehead atoms. The van der Waals surface area contributed by atoms with Crippen LogP contribution in [0.4, 0.5) is 11.5 Å². The largest absolute Gasteiger partial charge is 0.349 e.